The number of aromatic nitrogens is 2. The van der Waals surface area contributed by atoms with Crippen molar-refractivity contribution in [3.8, 4) is 0 Å². The third kappa shape index (κ3) is 4.51. The highest BCUT2D eigenvalue weighted by Crippen LogP contribution is 2.26. The summed E-state index contributed by atoms with van der Waals surface area (Å²) >= 11 is 0. The molecule has 0 saturated carbocycles. The first kappa shape index (κ1) is 19.0. The van der Waals surface area contributed by atoms with Crippen LogP contribution in [0.15, 0.2) is 12.4 Å². The second-order valence-corrected chi connectivity index (χ2v) is 7.90. The quantitative estimate of drug-likeness (QED) is 0.865. The van der Waals surface area contributed by atoms with E-state index in [1.807, 2.05) is 13.0 Å². The number of rotatable bonds is 4. The fourth-order valence-corrected chi connectivity index (χ4v) is 4.21. The van der Waals surface area contributed by atoms with E-state index in [4.69, 9.17) is 0 Å². The zero-order valence-electron chi connectivity index (χ0n) is 16.2. The molecule has 2 aliphatic heterocycles. The van der Waals surface area contributed by atoms with Gasteiger partial charge in [-0.1, -0.05) is 0 Å². The average molecular weight is 361 g/mol. The van der Waals surface area contributed by atoms with Gasteiger partial charge in [0.05, 0.1) is 12.1 Å². The molecular formula is C19H31N5O2. The van der Waals surface area contributed by atoms with Gasteiger partial charge in [-0.25, -0.2) is 9.97 Å². The molecule has 1 atom stereocenters. The summed E-state index contributed by atoms with van der Waals surface area (Å²) in [6.07, 6.45) is 5.37. The lowest BCUT2D eigenvalue weighted by Crippen LogP contribution is -2.57. The van der Waals surface area contributed by atoms with Gasteiger partial charge >= 0.3 is 0 Å². The number of hydrogen-bond acceptors (Lipinski definition) is 6. The molecule has 1 N–H and O–H groups in total. The molecular weight excluding hydrogens is 330 g/mol. The van der Waals surface area contributed by atoms with Crippen LogP contribution in [0.1, 0.15) is 38.3 Å². The summed E-state index contributed by atoms with van der Waals surface area (Å²) in [5.41, 5.74) is 0.209. The average Bonchev–Trinajstić information content (AvgIpc) is 2.61. The molecule has 1 amide bonds. The minimum absolute atomic E-state index is 0.0589. The number of aryl methyl sites for hydroxylation is 1. The number of likely N-dealkylation sites (tertiary alicyclic amines) is 2. The van der Waals surface area contributed by atoms with Crippen molar-refractivity contribution in [2.75, 3.05) is 44.7 Å². The molecule has 7 nitrogen and oxygen atoms in total. The molecule has 1 unspecified atom stereocenters. The monoisotopic (exact) mass is 361 g/mol. The molecule has 0 spiro atoms. The number of piperidine rings is 2. The molecule has 2 saturated heterocycles. The standard InChI is InChI=1S/C19H31N5O2/c1-15-11-18(21-14-20-15)22(3)17-5-9-23(10-6-17)12-19(26)7-4-8-24(13-19)16(2)25/h11,14,17,26H,4-10,12-13H2,1-3H3. The number of amides is 1. The largest absolute Gasteiger partial charge is 0.387 e. The number of anilines is 1. The predicted octanol–water partition coefficient (Wildman–Crippen LogP) is 1.06. The van der Waals surface area contributed by atoms with E-state index in [0.717, 1.165) is 56.8 Å². The Kier molecular flexibility index (Phi) is 5.77. The first-order valence-electron chi connectivity index (χ1n) is 9.58. The Balaban J connectivity index is 1.53. The van der Waals surface area contributed by atoms with Gasteiger partial charge in [-0.15, -0.1) is 0 Å². The van der Waals surface area contributed by atoms with E-state index < -0.39 is 5.60 Å². The fourth-order valence-electron chi connectivity index (χ4n) is 4.21. The van der Waals surface area contributed by atoms with E-state index in [9.17, 15) is 9.90 Å². The molecule has 7 heteroatoms. The lowest BCUT2D eigenvalue weighted by molar-refractivity contribution is -0.137. The summed E-state index contributed by atoms with van der Waals surface area (Å²) in [7, 11) is 2.10. The van der Waals surface area contributed by atoms with Crippen molar-refractivity contribution >= 4 is 11.7 Å². The first-order chi connectivity index (χ1) is 12.4. The molecule has 26 heavy (non-hydrogen) atoms. The van der Waals surface area contributed by atoms with Crippen LogP contribution in [0.3, 0.4) is 0 Å². The molecule has 2 fully saturated rings. The Morgan fingerprint density at radius 3 is 2.73 bits per heavy atom. The molecule has 3 heterocycles. The van der Waals surface area contributed by atoms with Crippen molar-refractivity contribution in [2.45, 2.75) is 51.2 Å². The number of hydrogen-bond donors (Lipinski definition) is 1. The van der Waals surface area contributed by atoms with Crippen LogP contribution in [0.25, 0.3) is 0 Å². The van der Waals surface area contributed by atoms with E-state index in [2.05, 4.69) is 26.8 Å². The lowest BCUT2D eigenvalue weighted by Gasteiger charge is -2.44. The van der Waals surface area contributed by atoms with Crippen LogP contribution in [0.4, 0.5) is 5.82 Å². The van der Waals surface area contributed by atoms with Gasteiger partial charge in [-0.2, -0.15) is 0 Å². The van der Waals surface area contributed by atoms with E-state index in [1.165, 1.54) is 0 Å². The first-order valence-corrected chi connectivity index (χ1v) is 9.58. The number of aliphatic hydroxyl groups is 1. The molecule has 0 aliphatic carbocycles. The summed E-state index contributed by atoms with van der Waals surface area (Å²) in [5, 5.41) is 11.0. The van der Waals surface area contributed by atoms with Crippen molar-refractivity contribution < 1.29 is 9.90 Å². The van der Waals surface area contributed by atoms with Gasteiger partial charge in [0.2, 0.25) is 5.91 Å². The minimum atomic E-state index is -0.771. The van der Waals surface area contributed by atoms with E-state index in [1.54, 1.807) is 18.2 Å². The van der Waals surface area contributed by atoms with Crippen LogP contribution in [0.5, 0.6) is 0 Å². The van der Waals surface area contributed by atoms with Crippen LogP contribution < -0.4 is 4.90 Å². The van der Waals surface area contributed by atoms with Crippen LogP contribution in [-0.4, -0.2) is 82.2 Å². The molecule has 2 aliphatic rings. The normalized spacial score (nSPS) is 25.3. The number of carbonyl (C=O) groups is 1. The molecule has 3 rings (SSSR count). The molecule has 144 valence electrons. The lowest BCUT2D eigenvalue weighted by atomic mass is 9.91. The van der Waals surface area contributed by atoms with Crippen molar-refractivity contribution in [3.63, 3.8) is 0 Å². The van der Waals surface area contributed by atoms with Gasteiger partial charge in [0, 0.05) is 58.0 Å². The van der Waals surface area contributed by atoms with Gasteiger partial charge in [0.25, 0.3) is 0 Å². The highest BCUT2D eigenvalue weighted by atomic mass is 16.3. The third-order valence-corrected chi connectivity index (χ3v) is 5.77. The van der Waals surface area contributed by atoms with Gasteiger partial charge < -0.3 is 19.8 Å². The van der Waals surface area contributed by atoms with Crippen LogP contribution in [-0.2, 0) is 4.79 Å². The summed E-state index contributed by atoms with van der Waals surface area (Å²) in [4.78, 5) is 26.6. The molecule has 0 bridgehead atoms. The van der Waals surface area contributed by atoms with Crippen molar-refractivity contribution in [1.82, 2.24) is 19.8 Å². The van der Waals surface area contributed by atoms with Gasteiger partial charge in [-0.3, -0.25) is 4.79 Å². The number of nitrogens with zero attached hydrogens (tertiary/aromatic N) is 5. The van der Waals surface area contributed by atoms with Gasteiger partial charge in [-0.05, 0) is 32.6 Å². The maximum atomic E-state index is 11.6. The van der Waals surface area contributed by atoms with Gasteiger partial charge in [0.1, 0.15) is 12.1 Å². The maximum Gasteiger partial charge on any atom is 0.219 e. The Labute approximate surface area is 156 Å². The second-order valence-electron chi connectivity index (χ2n) is 7.90. The summed E-state index contributed by atoms with van der Waals surface area (Å²) in [5.74, 6) is 1.03. The zero-order valence-corrected chi connectivity index (χ0v) is 16.2. The van der Waals surface area contributed by atoms with Crippen LogP contribution >= 0.6 is 0 Å². The molecule has 1 aromatic rings. The highest BCUT2D eigenvalue weighted by Gasteiger charge is 2.37. The summed E-state index contributed by atoms with van der Waals surface area (Å²) < 4.78 is 0. The molecule has 1 aromatic heterocycles. The van der Waals surface area contributed by atoms with Crippen LogP contribution in [0.2, 0.25) is 0 Å². The SMILES string of the molecule is CC(=O)N1CCCC(O)(CN2CCC(N(C)c3cc(C)ncn3)CC2)C1. The number of carbonyl (C=O) groups excluding carboxylic acids is 1. The molecule has 0 radical (unpaired) electrons. The Morgan fingerprint density at radius 2 is 2.08 bits per heavy atom. The Morgan fingerprint density at radius 1 is 1.35 bits per heavy atom. The Hall–Kier alpha value is -1.73. The number of β-amino-alcohol motifs (C(OH)–C–C–N with tert-alkyl or cyclic N) is 1. The minimum Gasteiger partial charge on any atom is -0.387 e. The summed E-state index contributed by atoms with van der Waals surface area (Å²) in [6.45, 7) is 7.37. The smallest absolute Gasteiger partial charge is 0.219 e. The molecule has 0 aromatic carbocycles. The zero-order chi connectivity index (χ0) is 18.7. The van der Waals surface area contributed by atoms with Gasteiger partial charge in [0.15, 0.2) is 0 Å². The maximum absolute atomic E-state index is 11.6. The predicted molar refractivity (Wildman–Crippen MR) is 101 cm³/mol. The van der Waals surface area contributed by atoms with Crippen molar-refractivity contribution in [3.05, 3.63) is 18.1 Å². The fraction of sp³-hybridized carbons (Fsp3) is 0.737. The van der Waals surface area contributed by atoms with Crippen molar-refractivity contribution in [2.24, 2.45) is 0 Å². The van der Waals surface area contributed by atoms with E-state index in [0.29, 0.717) is 19.1 Å². The van der Waals surface area contributed by atoms with E-state index >= 15 is 0 Å². The topological polar surface area (TPSA) is 72.8 Å². The van der Waals surface area contributed by atoms with E-state index in [-0.39, 0.29) is 5.91 Å². The highest BCUT2D eigenvalue weighted by molar-refractivity contribution is 5.73. The second kappa shape index (κ2) is 7.88. The van der Waals surface area contributed by atoms with Crippen LogP contribution in [0, 0.1) is 6.92 Å². The summed E-state index contributed by atoms with van der Waals surface area (Å²) in [6, 6.07) is 2.48. The Bertz CT molecular complexity index is 632. The third-order valence-electron chi connectivity index (χ3n) is 5.77. The van der Waals surface area contributed by atoms with Crippen molar-refractivity contribution in [1.29, 1.82) is 0 Å².